The van der Waals surface area contributed by atoms with Crippen LogP contribution < -0.4 is 0 Å². The lowest BCUT2D eigenvalue weighted by atomic mass is 10.0. The van der Waals surface area contributed by atoms with Gasteiger partial charge in [-0.2, -0.15) is 0 Å². The van der Waals surface area contributed by atoms with E-state index < -0.39 is 5.97 Å². The number of hydrogen-bond acceptors (Lipinski definition) is 2. The lowest BCUT2D eigenvalue weighted by molar-refractivity contribution is -0.137. The number of halogens is 1. The summed E-state index contributed by atoms with van der Waals surface area (Å²) in [5.74, 6) is -0.409. The van der Waals surface area contributed by atoms with E-state index in [4.69, 9.17) is 5.11 Å². The minimum absolute atomic E-state index is 0.185. The maximum Gasteiger partial charge on any atom is 0.303 e. The fraction of sp³-hybridized carbons (Fsp3) is 0.562. The van der Waals surface area contributed by atoms with Crippen LogP contribution in [0.4, 0.5) is 4.39 Å². The number of hydrogen-bond donors (Lipinski definition) is 1. The molecule has 0 saturated carbocycles. The minimum Gasteiger partial charge on any atom is -0.481 e. The summed E-state index contributed by atoms with van der Waals surface area (Å²) in [6, 6.07) is 7.13. The summed E-state index contributed by atoms with van der Waals surface area (Å²) in [4.78, 5) is 13.0. The maximum atomic E-state index is 13.2. The molecule has 0 bridgehead atoms. The molecule has 1 N–H and O–H groups in total. The Labute approximate surface area is 119 Å². The van der Waals surface area contributed by atoms with Crippen molar-refractivity contribution in [3.05, 3.63) is 35.6 Å². The quantitative estimate of drug-likeness (QED) is 0.870. The number of rotatable bonds is 6. The average Bonchev–Trinajstić information content (AvgIpc) is 2.85. The number of aliphatic carboxylic acids is 1. The van der Waals surface area contributed by atoms with E-state index in [0.717, 1.165) is 37.9 Å². The summed E-state index contributed by atoms with van der Waals surface area (Å²) in [6.45, 7) is 4.13. The van der Waals surface area contributed by atoms with Gasteiger partial charge in [-0.15, -0.1) is 0 Å². The molecule has 0 aliphatic carbocycles. The van der Waals surface area contributed by atoms with Crippen molar-refractivity contribution in [2.24, 2.45) is 5.92 Å². The van der Waals surface area contributed by atoms with Crippen molar-refractivity contribution in [1.29, 1.82) is 0 Å². The molecule has 2 rings (SSSR count). The third-order valence-corrected chi connectivity index (χ3v) is 4.13. The summed E-state index contributed by atoms with van der Waals surface area (Å²) in [6.07, 6.45) is 2.93. The number of carbonyl (C=O) groups is 1. The van der Waals surface area contributed by atoms with E-state index >= 15 is 0 Å². The molecule has 0 spiro atoms. The molecular formula is C16H22FNO2. The zero-order valence-electron chi connectivity index (χ0n) is 11.9. The van der Waals surface area contributed by atoms with Gasteiger partial charge in [0.25, 0.3) is 0 Å². The second-order valence-electron chi connectivity index (χ2n) is 5.77. The third kappa shape index (κ3) is 4.30. The van der Waals surface area contributed by atoms with Crippen molar-refractivity contribution in [3.63, 3.8) is 0 Å². The van der Waals surface area contributed by atoms with Crippen LogP contribution >= 0.6 is 0 Å². The van der Waals surface area contributed by atoms with Crippen LogP contribution in [0.1, 0.15) is 31.7 Å². The fourth-order valence-electron chi connectivity index (χ4n) is 2.96. The highest BCUT2D eigenvalue weighted by atomic mass is 19.1. The van der Waals surface area contributed by atoms with Crippen molar-refractivity contribution in [2.75, 3.05) is 13.1 Å². The first kappa shape index (κ1) is 15.0. The van der Waals surface area contributed by atoms with Crippen LogP contribution in [-0.4, -0.2) is 35.1 Å². The standard InChI is InChI=1S/C16H22FNO2/c1-12(9-14-3-2-4-15(17)10-14)18-8-7-13(11-18)5-6-16(19)20/h2-4,10,12-13H,5-9,11H2,1H3,(H,19,20). The van der Waals surface area contributed by atoms with E-state index in [1.165, 1.54) is 6.07 Å². The van der Waals surface area contributed by atoms with Crippen LogP contribution in [0.3, 0.4) is 0 Å². The fourth-order valence-corrected chi connectivity index (χ4v) is 2.96. The van der Waals surface area contributed by atoms with Crippen molar-refractivity contribution in [3.8, 4) is 0 Å². The van der Waals surface area contributed by atoms with Gasteiger partial charge in [0.1, 0.15) is 5.82 Å². The van der Waals surface area contributed by atoms with Crippen molar-refractivity contribution >= 4 is 5.97 Å². The van der Waals surface area contributed by atoms with E-state index in [1.54, 1.807) is 12.1 Å². The van der Waals surface area contributed by atoms with Gasteiger partial charge < -0.3 is 10.0 Å². The van der Waals surface area contributed by atoms with Crippen molar-refractivity contribution < 1.29 is 14.3 Å². The monoisotopic (exact) mass is 279 g/mol. The molecule has 1 heterocycles. The average molecular weight is 279 g/mol. The Kier molecular flexibility index (Phi) is 5.12. The first-order valence-electron chi connectivity index (χ1n) is 7.25. The van der Waals surface area contributed by atoms with Crippen LogP contribution in [0, 0.1) is 11.7 Å². The summed E-state index contributed by atoms with van der Waals surface area (Å²) < 4.78 is 13.2. The van der Waals surface area contributed by atoms with Crippen LogP contribution in [0.2, 0.25) is 0 Å². The molecule has 20 heavy (non-hydrogen) atoms. The van der Waals surface area contributed by atoms with Gasteiger partial charge in [-0.05, 0) is 56.3 Å². The number of likely N-dealkylation sites (tertiary alicyclic amines) is 1. The Morgan fingerprint density at radius 2 is 2.35 bits per heavy atom. The molecule has 0 radical (unpaired) electrons. The molecule has 1 aliphatic heterocycles. The van der Waals surface area contributed by atoms with Gasteiger partial charge in [0.15, 0.2) is 0 Å². The summed E-state index contributed by atoms with van der Waals surface area (Å²) in [7, 11) is 0. The highest BCUT2D eigenvalue weighted by molar-refractivity contribution is 5.66. The molecule has 0 aromatic heterocycles. The number of carboxylic acid groups (broad SMARTS) is 1. The predicted octanol–water partition coefficient (Wildman–Crippen LogP) is 2.94. The van der Waals surface area contributed by atoms with Gasteiger partial charge in [0, 0.05) is 19.0 Å². The van der Waals surface area contributed by atoms with Gasteiger partial charge >= 0.3 is 5.97 Å². The van der Waals surface area contributed by atoms with Crippen LogP contribution in [0.25, 0.3) is 0 Å². The van der Waals surface area contributed by atoms with Gasteiger partial charge in [0.2, 0.25) is 0 Å². The second kappa shape index (κ2) is 6.84. The van der Waals surface area contributed by atoms with E-state index in [-0.39, 0.29) is 12.2 Å². The molecule has 0 amide bonds. The Hall–Kier alpha value is -1.42. The molecule has 1 saturated heterocycles. The molecule has 4 heteroatoms. The summed E-state index contributed by atoms with van der Waals surface area (Å²) in [5.41, 5.74) is 1.02. The smallest absolute Gasteiger partial charge is 0.303 e. The van der Waals surface area contributed by atoms with Gasteiger partial charge in [-0.3, -0.25) is 4.79 Å². The number of benzene rings is 1. The molecule has 1 aliphatic rings. The topological polar surface area (TPSA) is 40.5 Å². The van der Waals surface area contributed by atoms with Crippen molar-refractivity contribution in [2.45, 2.75) is 38.6 Å². The van der Waals surface area contributed by atoms with Crippen molar-refractivity contribution in [1.82, 2.24) is 4.90 Å². The van der Waals surface area contributed by atoms with E-state index in [1.807, 2.05) is 6.07 Å². The van der Waals surface area contributed by atoms with Gasteiger partial charge in [0.05, 0.1) is 0 Å². The van der Waals surface area contributed by atoms with Crippen LogP contribution in [0.5, 0.6) is 0 Å². The van der Waals surface area contributed by atoms with Crippen LogP contribution in [0.15, 0.2) is 24.3 Å². The highest BCUT2D eigenvalue weighted by Crippen LogP contribution is 2.24. The maximum absolute atomic E-state index is 13.2. The first-order valence-corrected chi connectivity index (χ1v) is 7.25. The first-order chi connectivity index (χ1) is 9.54. The Balaban J connectivity index is 1.82. The minimum atomic E-state index is -0.712. The highest BCUT2D eigenvalue weighted by Gasteiger charge is 2.26. The summed E-state index contributed by atoms with van der Waals surface area (Å²) >= 11 is 0. The number of carboxylic acids is 1. The Morgan fingerprint density at radius 3 is 3.05 bits per heavy atom. The zero-order valence-corrected chi connectivity index (χ0v) is 11.9. The second-order valence-corrected chi connectivity index (χ2v) is 5.77. The van der Waals surface area contributed by atoms with Gasteiger partial charge in [-0.25, -0.2) is 4.39 Å². The molecule has 1 fully saturated rings. The molecular weight excluding hydrogens is 257 g/mol. The molecule has 2 unspecified atom stereocenters. The zero-order chi connectivity index (χ0) is 14.5. The molecule has 110 valence electrons. The predicted molar refractivity (Wildman–Crippen MR) is 76.1 cm³/mol. The normalized spacial score (nSPS) is 21.0. The molecule has 1 aromatic rings. The largest absolute Gasteiger partial charge is 0.481 e. The van der Waals surface area contributed by atoms with E-state index in [0.29, 0.717) is 12.0 Å². The third-order valence-electron chi connectivity index (χ3n) is 4.13. The summed E-state index contributed by atoms with van der Waals surface area (Å²) in [5, 5.41) is 8.72. The number of nitrogens with zero attached hydrogens (tertiary/aromatic N) is 1. The Morgan fingerprint density at radius 1 is 1.55 bits per heavy atom. The van der Waals surface area contributed by atoms with Crippen LogP contribution in [-0.2, 0) is 11.2 Å². The van der Waals surface area contributed by atoms with Gasteiger partial charge in [-0.1, -0.05) is 12.1 Å². The molecule has 1 aromatic carbocycles. The SMILES string of the molecule is CC(Cc1cccc(F)c1)N1CCC(CCC(=O)O)C1. The Bertz CT molecular complexity index is 464. The van der Waals surface area contributed by atoms with E-state index in [2.05, 4.69) is 11.8 Å². The lowest BCUT2D eigenvalue weighted by Crippen LogP contribution is -2.32. The lowest BCUT2D eigenvalue weighted by Gasteiger charge is -2.24. The van der Waals surface area contributed by atoms with E-state index in [9.17, 15) is 9.18 Å². The molecule has 2 atom stereocenters. The molecule has 3 nitrogen and oxygen atoms in total.